The lowest BCUT2D eigenvalue weighted by Crippen LogP contribution is -2.24. The van der Waals surface area contributed by atoms with Gasteiger partial charge < -0.3 is 5.32 Å². The molecule has 1 unspecified atom stereocenters. The molecule has 6 nitrogen and oxygen atoms in total. The van der Waals surface area contributed by atoms with Crippen LogP contribution in [0.25, 0.3) is 0 Å². The van der Waals surface area contributed by atoms with Crippen LogP contribution in [0, 0.1) is 11.3 Å². The fourth-order valence-corrected chi connectivity index (χ4v) is 1.39. The van der Waals surface area contributed by atoms with Crippen LogP contribution in [-0.2, 0) is 4.79 Å². The van der Waals surface area contributed by atoms with Crippen molar-refractivity contribution in [1.29, 1.82) is 5.26 Å². The highest BCUT2D eigenvalue weighted by Gasteiger charge is 2.15. The molecule has 2 aromatic heterocycles. The zero-order valence-electron chi connectivity index (χ0n) is 9.74. The Morgan fingerprint density at radius 1 is 1.56 bits per heavy atom. The maximum Gasteiger partial charge on any atom is 0.250 e. The fourth-order valence-electron chi connectivity index (χ4n) is 1.39. The van der Waals surface area contributed by atoms with Crippen molar-refractivity contribution < 1.29 is 4.79 Å². The number of amides is 1. The SMILES string of the molecule is CC(C(=O)Nc1ccc(C#N)cn1)n1cccn1. The van der Waals surface area contributed by atoms with Crippen LogP contribution in [0.5, 0.6) is 0 Å². The molecule has 1 amide bonds. The van der Waals surface area contributed by atoms with Gasteiger partial charge in [-0.25, -0.2) is 4.98 Å². The van der Waals surface area contributed by atoms with E-state index in [1.165, 1.54) is 6.20 Å². The molecule has 2 heterocycles. The summed E-state index contributed by atoms with van der Waals surface area (Å²) in [7, 11) is 0. The molecule has 0 aliphatic carbocycles. The molecule has 18 heavy (non-hydrogen) atoms. The number of nitriles is 1. The highest BCUT2D eigenvalue weighted by atomic mass is 16.2. The normalized spacial score (nSPS) is 11.6. The van der Waals surface area contributed by atoms with Gasteiger partial charge in [0.15, 0.2) is 0 Å². The molecular formula is C12H11N5O. The molecule has 0 bridgehead atoms. The van der Waals surface area contributed by atoms with Gasteiger partial charge in [0.2, 0.25) is 5.91 Å². The third-order valence-corrected chi connectivity index (χ3v) is 2.44. The predicted octanol–water partition coefficient (Wildman–Crippen LogP) is 1.35. The first-order valence-corrected chi connectivity index (χ1v) is 5.37. The highest BCUT2D eigenvalue weighted by molar-refractivity contribution is 5.92. The molecule has 0 spiro atoms. The van der Waals surface area contributed by atoms with Gasteiger partial charge in [-0.05, 0) is 25.1 Å². The molecule has 0 aromatic carbocycles. The maximum absolute atomic E-state index is 11.9. The summed E-state index contributed by atoms with van der Waals surface area (Å²) in [4.78, 5) is 15.9. The first-order chi connectivity index (χ1) is 8.70. The molecular weight excluding hydrogens is 230 g/mol. The van der Waals surface area contributed by atoms with Crippen molar-refractivity contribution in [3.63, 3.8) is 0 Å². The topological polar surface area (TPSA) is 83.6 Å². The molecule has 0 aliphatic heterocycles. The van der Waals surface area contributed by atoms with Crippen LogP contribution in [0.3, 0.4) is 0 Å². The summed E-state index contributed by atoms with van der Waals surface area (Å²) in [6.45, 7) is 1.74. The van der Waals surface area contributed by atoms with E-state index in [-0.39, 0.29) is 5.91 Å². The average molecular weight is 241 g/mol. The average Bonchev–Trinajstić information content (AvgIpc) is 2.92. The summed E-state index contributed by atoms with van der Waals surface area (Å²) < 4.78 is 1.55. The highest BCUT2D eigenvalue weighted by Crippen LogP contribution is 2.09. The lowest BCUT2D eigenvalue weighted by molar-refractivity contribution is -0.119. The van der Waals surface area contributed by atoms with E-state index in [0.717, 1.165) is 0 Å². The summed E-state index contributed by atoms with van der Waals surface area (Å²) in [5, 5.41) is 15.3. The molecule has 0 aliphatic rings. The zero-order chi connectivity index (χ0) is 13.0. The lowest BCUT2D eigenvalue weighted by atomic mass is 10.3. The molecule has 2 aromatic rings. The zero-order valence-corrected chi connectivity index (χ0v) is 9.74. The van der Waals surface area contributed by atoms with Gasteiger partial charge >= 0.3 is 0 Å². The third-order valence-electron chi connectivity index (χ3n) is 2.44. The summed E-state index contributed by atoms with van der Waals surface area (Å²) in [6, 6.07) is 6.49. The molecule has 1 atom stereocenters. The third kappa shape index (κ3) is 2.52. The number of aromatic nitrogens is 3. The van der Waals surface area contributed by atoms with Crippen LogP contribution in [0.2, 0.25) is 0 Å². The Bertz CT molecular complexity index is 568. The fraction of sp³-hybridized carbons (Fsp3) is 0.167. The van der Waals surface area contributed by atoms with Gasteiger partial charge in [-0.2, -0.15) is 10.4 Å². The van der Waals surface area contributed by atoms with Crippen molar-refractivity contribution in [3.8, 4) is 6.07 Å². The van der Waals surface area contributed by atoms with E-state index >= 15 is 0 Å². The monoisotopic (exact) mass is 241 g/mol. The number of hydrogen-bond donors (Lipinski definition) is 1. The molecule has 0 fully saturated rings. The Labute approximate surface area is 104 Å². The minimum absolute atomic E-state index is 0.212. The molecule has 2 rings (SSSR count). The van der Waals surface area contributed by atoms with E-state index in [1.54, 1.807) is 42.2 Å². The van der Waals surface area contributed by atoms with Crippen LogP contribution in [-0.4, -0.2) is 20.7 Å². The summed E-state index contributed by atoms with van der Waals surface area (Å²) >= 11 is 0. The van der Waals surface area contributed by atoms with E-state index in [2.05, 4.69) is 15.4 Å². The maximum atomic E-state index is 11.9. The summed E-state index contributed by atoms with van der Waals surface area (Å²) in [6.07, 6.45) is 4.74. The van der Waals surface area contributed by atoms with Crippen molar-refractivity contribution in [2.24, 2.45) is 0 Å². The van der Waals surface area contributed by atoms with E-state index in [4.69, 9.17) is 5.26 Å². The number of carbonyl (C=O) groups excluding carboxylic acids is 1. The van der Waals surface area contributed by atoms with E-state index in [1.807, 2.05) is 6.07 Å². The van der Waals surface area contributed by atoms with Gasteiger partial charge in [-0.15, -0.1) is 0 Å². The van der Waals surface area contributed by atoms with Gasteiger partial charge in [0.1, 0.15) is 17.9 Å². The first kappa shape index (κ1) is 11.8. The molecule has 0 saturated carbocycles. The van der Waals surface area contributed by atoms with Gasteiger partial charge in [-0.3, -0.25) is 9.48 Å². The second kappa shape index (κ2) is 5.10. The molecule has 0 saturated heterocycles. The second-order valence-electron chi connectivity index (χ2n) is 3.70. The smallest absolute Gasteiger partial charge is 0.250 e. The number of hydrogen-bond acceptors (Lipinski definition) is 4. The van der Waals surface area contributed by atoms with E-state index in [9.17, 15) is 4.79 Å². The van der Waals surface area contributed by atoms with Gasteiger partial charge in [-0.1, -0.05) is 0 Å². The van der Waals surface area contributed by atoms with Crippen LogP contribution in [0.15, 0.2) is 36.8 Å². The Morgan fingerprint density at radius 3 is 2.94 bits per heavy atom. The van der Waals surface area contributed by atoms with E-state index in [0.29, 0.717) is 11.4 Å². The summed E-state index contributed by atoms with van der Waals surface area (Å²) in [5.41, 5.74) is 0.452. The minimum atomic E-state index is -0.419. The number of nitrogens with one attached hydrogen (secondary N) is 1. The second-order valence-corrected chi connectivity index (χ2v) is 3.70. The molecule has 1 N–H and O–H groups in total. The number of rotatable bonds is 3. The van der Waals surface area contributed by atoms with Crippen LogP contribution < -0.4 is 5.32 Å². The molecule has 6 heteroatoms. The number of anilines is 1. The first-order valence-electron chi connectivity index (χ1n) is 5.37. The number of pyridine rings is 1. The largest absolute Gasteiger partial charge is 0.309 e. The van der Waals surface area contributed by atoms with Crippen molar-refractivity contribution in [1.82, 2.24) is 14.8 Å². The Hall–Kier alpha value is -2.68. The van der Waals surface area contributed by atoms with Crippen molar-refractivity contribution in [3.05, 3.63) is 42.4 Å². The van der Waals surface area contributed by atoms with Gasteiger partial charge in [0, 0.05) is 18.6 Å². The molecule has 90 valence electrons. The lowest BCUT2D eigenvalue weighted by Gasteiger charge is -2.11. The predicted molar refractivity (Wildman–Crippen MR) is 64.5 cm³/mol. The minimum Gasteiger partial charge on any atom is -0.309 e. The number of carbonyl (C=O) groups is 1. The standard InChI is InChI=1S/C12H11N5O/c1-9(17-6-2-5-15-17)12(18)16-11-4-3-10(7-13)8-14-11/h2-6,8-9H,1H3,(H,14,16,18). The van der Waals surface area contributed by atoms with Gasteiger partial charge in [0.25, 0.3) is 0 Å². The van der Waals surface area contributed by atoms with Crippen LogP contribution in [0.1, 0.15) is 18.5 Å². The van der Waals surface area contributed by atoms with Gasteiger partial charge in [0.05, 0.1) is 5.56 Å². The molecule has 0 radical (unpaired) electrons. The van der Waals surface area contributed by atoms with E-state index < -0.39 is 6.04 Å². The van der Waals surface area contributed by atoms with Crippen LogP contribution in [0.4, 0.5) is 5.82 Å². The van der Waals surface area contributed by atoms with Crippen molar-refractivity contribution in [2.45, 2.75) is 13.0 Å². The quantitative estimate of drug-likeness (QED) is 0.879. The Morgan fingerprint density at radius 2 is 2.39 bits per heavy atom. The van der Waals surface area contributed by atoms with Crippen LogP contribution >= 0.6 is 0 Å². The Balaban J connectivity index is 2.05. The summed E-state index contributed by atoms with van der Waals surface area (Å²) in [5.74, 6) is 0.203. The Kier molecular flexibility index (Phi) is 3.34. The number of nitrogens with zero attached hydrogens (tertiary/aromatic N) is 4. The van der Waals surface area contributed by atoms with Crippen molar-refractivity contribution in [2.75, 3.05) is 5.32 Å². The van der Waals surface area contributed by atoms with Crippen molar-refractivity contribution >= 4 is 11.7 Å².